The number of carbonyl (C=O) groups is 1. The van der Waals surface area contributed by atoms with Gasteiger partial charge in [0.2, 0.25) is 0 Å². The molecule has 2 fully saturated rings. The molecule has 29 heavy (non-hydrogen) atoms. The summed E-state index contributed by atoms with van der Waals surface area (Å²) in [5.74, 6) is 1.08. The second-order valence-corrected chi connectivity index (χ2v) is 9.72. The van der Waals surface area contributed by atoms with Crippen molar-refractivity contribution in [2.45, 2.75) is 70.7 Å². The number of aryl methyl sites for hydroxylation is 1. The number of alkyl halides is 3. The van der Waals surface area contributed by atoms with Crippen molar-refractivity contribution in [2.75, 3.05) is 0 Å². The highest BCUT2D eigenvalue weighted by Gasteiger charge is 2.54. The van der Waals surface area contributed by atoms with Gasteiger partial charge in [-0.3, -0.25) is 4.79 Å². The smallest absolute Gasteiger partial charge is 0.376 e. The Morgan fingerprint density at radius 1 is 1.10 bits per heavy atom. The van der Waals surface area contributed by atoms with Crippen LogP contribution in [0.1, 0.15) is 69.9 Å². The van der Waals surface area contributed by atoms with E-state index in [1.54, 1.807) is 6.07 Å². The van der Waals surface area contributed by atoms with Crippen LogP contribution < -0.4 is 4.18 Å². The molecule has 1 aromatic carbocycles. The number of carbonyl (C=O) groups excluding carboxylic acids is 1. The van der Waals surface area contributed by atoms with Gasteiger partial charge in [0.05, 0.1) is 0 Å². The van der Waals surface area contributed by atoms with Crippen LogP contribution in [0.4, 0.5) is 13.2 Å². The van der Waals surface area contributed by atoms with Crippen LogP contribution in [0.5, 0.6) is 5.75 Å². The van der Waals surface area contributed by atoms with E-state index in [2.05, 4.69) is 11.1 Å². The molecule has 2 unspecified atom stereocenters. The first-order chi connectivity index (χ1) is 13.5. The molecule has 4 atom stereocenters. The molecule has 3 aliphatic carbocycles. The second-order valence-electron chi connectivity index (χ2n) is 8.18. The molecule has 0 heterocycles. The Morgan fingerprint density at radius 2 is 1.79 bits per heavy atom. The summed E-state index contributed by atoms with van der Waals surface area (Å²) >= 11 is 0. The Morgan fingerprint density at radius 3 is 2.45 bits per heavy atom. The lowest BCUT2D eigenvalue weighted by Crippen LogP contribution is -2.42. The molecule has 1 aromatic rings. The molecule has 2 saturated carbocycles. The number of hydrogen-bond donors (Lipinski definition) is 0. The van der Waals surface area contributed by atoms with E-state index in [0.29, 0.717) is 30.5 Å². The van der Waals surface area contributed by atoms with Crippen LogP contribution in [0.3, 0.4) is 0 Å². The summed E-state index contributed by atoms with van der Waals surface area (Å²) in [6, 6.07) is 4.42. The molecular formula is C21H27F3O4S. The van der Waals surface area contributed by atoms with Gasteiger partial charge in [0, 0.05) is 11.8 Å². The summed E-state index contributed by atoms with van der Waals surface area (Å²) in [5.41, 5.74) is -3.78. The summed E-state index contributed by atoms with van der Waals surface area (Å²) in [4.78, 5) is 12.3. The van der Waals surface area contributed by atoms with Gasteiger partial charge in [-0.15, -0.1) is 0 Å². The molecule has 0 amide bonds. The zero-order valence-corrected chi connectivity index (χ0v) is 17.7. The van der Waals surface area contributed by atoms with Crippen LogP contribution in [0.15, 0.2) is 18.2 Å². The molecule has 0 aromatic heterocycles. The molecule has 0 radical (unpaired) electrons. The van der Waals surface area contributed by atoms with Gasteiger partial charge in [-0.25, -0.2) is 0 Å². The van der Waals surface area contributed by atoms with Crippen LogP contribution >= 0.6 is 0 Å². The SMILES string of the molecule is CC.C[C@]12CCC3c4ccc(OS(=O)(=O)C(F)(F)F)cc4CC[C@H]3C1CCC2=O. The minimum Gasteiger partial charge on any atom is -0.376 e. The standard InChI is InChI=1S/C19H21F3O4S.C2H6/c1-18-9-8-14-13-5-3-12(26-27(24,25)19(20,21)22)10-11(13)2-4-15(14)16(18)6-7-17(18)23;1-2/h3,5,10,14-16H,2,4,6-9H2,1H3;1-2H3/t14?,15-,16?,18+;/m1./s1. The summed E-state index contributed by atoms with van der Waals surface area (Å²) in [6.45, 7) is 6.08. The third-order valence-corrected chi connectivity index (χ3v) is 7.88. The zero-order valence-electron chi connectivity index (χ0n) is 16.9. The fourth-order valence-electron chi connectivity index (χ4n) is 5.56. The molecule has 4 rings (SSSR count). The van der Waals surface area contributed by atoms with Crippen LogP contribution in [-0.4, -0.2) is 19.7 Å². The van der Waals surface area contributed by atoms with Gasteiger partial charge in [0.25, 0.3) is 0 Å². The lowest BCUT2D eigenvalue weighted by molar-refractivity contribution is -0.129. The number of Topliss-reactive ketones (excluding diaryl/α,β-unsaturated/α-hetero) is 1. The summed E-state index contributed by atoms with van der Waals surface area (Å²) in [5, 5.41) is 0. The van der Waals surface area contributed by atoms with Crippen molar-refractivity contribution in [3.63, 3.8) is 0 Å². The first kappa shape index (κ1) is 22.1. The maximum Gasteiger partial charge on any atom is 0.534 e. The molecule has 4 nitrogen and oxygen atoms in total. The normalized spacial score (nSPS) is 31.1. The van der Waals surface area contributed by atoms with Gasteiger partial charge in [0.1, 0.15) is 11.5 Å². The van der Waals surface area contributed by atoms with Crippen LogP contribution in [0, 0.1) is 17.3 Å². The highest BCUT2D eigenvalue weighted by Crippen LogP contribution is 2.59. The van der Waals surface area contributed by atoms with Crippen LogP contribution in [0.25, 0.3) is 0 Å². The Kier molecular flexibility index (Phi) is 5.80. The Bertz CT molecular complexity index is 894. The van der Waals surface area contributed by atoms with Crippen molar-refractivity contribution in [1.29, 1.82) is 0 Å². The molecule has 0 bridgehead atoms. The number of rotatable bonds is 2. The Balaban J connectivity index is 0.00000117. The third kappa shape index (κ3) is 3.68. The maximum absolute atomic E-state index is 12.5. The zero-order chi connectivity index (χ0) is 21.6. The largest absolute Gasteiger partial charge is 0.534 e. The van der Waals surface area contributed by atoms with E-state index >= 15 is 0 Å². The quantitative estimate of drug-likeness (QED) is 0.466. The first-order valence-corrected chi connectivity index (χ1v) is 11.6. The van der Waals surface area contributed by atoms with E-state index in [4.69, 9.17) is 0 Å². The average molecular weight is 433 g/mol. The monoisotopic (exact) mass is 432 g/mol. The van der Waals surface area contributed by atoms with Crippen molar-refractivity contribution in [2.24, 2.45) is 17.3 Å². The molecule has 0 spiro atoms. The van der Waals surface area contributed by atoms with Gasteiger partial charge in [-0.05, 0) is 73.1 Å². The summed E-state index contributed by atoms with van der Waals surface area (Å²) in [7, 11) is -5.66. The number of benzene rings is 1. The second kappa shape index (κ2) is 7.60. The van der Waals surface area contributed by atoms with Crippen LogP contribution in [-0.2, 0) is 21.3 Å². The van der Waals surface area contributed by atoms with Crippen molar-refractivity contribution >= 4 is 15.9 Å². The maximum atomic E-state index is 12.5. The minimum absolute atomic E-state index is 0.234. The van der Waals surface area contributed by atoms with Gasteiger partial charge in [-0.2, -0.15) is 21.6 Å². The number of hydrogen-bond acceptors (Lipinski definition) is 4. The van der Waals surface area contributed by atoms with Crippen molar-refractivity contribution in [3.05, 3.63) is 29.3 Å². The van der Waals surface area contributed by atoms with Crippen LogP contribution in [0.2, 0.25) is 0 Å². The van der Waals surface area contributed by atoms with Gasteiger partial charge in [-0.1, -0.05) is 26.8 Å². The summed E-state index contributed by atoms with van der Waals surface area (Å²) < 4.78 is 64.3. The molecule has 0 aliphatic heterocycles. The van der Waals surface area contributed by atoms with E-state index in [1.807, 2.05) is 13.8 Å². The molecule has 3 aliphatic rings. The van der Waals surface area contributed by atoms with Crippen molar-refractivity contribution in [3.8, 4) is 5.75 Å². The van der Waals surface area contributed by atoms with Crippen molar-refractivity contribution < 1.29 is 30.6 Å². The Labute approximate surface area is 169 Å². The number of halogens is 3. The Hall–Kier alpha value is -1.57. The van der Waals surface area contributed by atoms with E-state index in [-0.39, 0.29) is 17.1 Å². The van der Waals surface area contributed by atoms with E-state index in [9.17, 15) is 26.4 Å². The highest BCUT2D eigenvalue weighted by atomic mass is 32.2. The van der Waals surface area contributed by atoms with Crippen molar-refractivity contribution in [1.82, 2.24) is 0 Å². The number of ketones is 1. The molecule has 162 valence electrons. The minimum atomic E-state index is -5.66. The fourth-order valence-corrected chi connectivity index (χ4v) is 6.01. The average Bonchev–Trinajstić information content (AvgIpc) is 2.97. The number of fused-ring (bicyclic) bond motifs is 5. The van der Waals surface area contributed by atoms with Gasteiger partial charge in [0.15, 0.2) is 0 Å². The lowest BCUT2D eigenvalue weighted by Gasteiger charge is -2.48. The van der Waals surface area contributed by atoms with E-state index < -0.39 is 15.6 Å². The lowest BCUT2D eigenvalue weighted by atomic mass is 9.55. The summed E-state index contributed by atoms with van der Waals surface area (Å²) in [6.07, 6.45) is 4.77. The van der Waals surface area contributed by atoms with Gasteiger partial charge >= 0.3 is 15.6 Å². The fraction of sp³-hybridized carbons (Fsp3) is 0.667. The predicted molar refractivity (Wildman–Crippen MR) is 103 cm³/mol. The first-order valence-electron chi connectivity index (χ1n) is 10.2. The van der Waals surface area contributed by atoms with Gasteiger partial charge < -0.3 is 4.18 Å². The highest BCUT2D eigenvalue weighted by molar-refractivity contribution is 7.88. The topological polar surface area (TPSA) is 60.4 Å². The molecule has 0 N–H and O–H groups in total. The third-order valence-electron chi connectivity index (χ3n) is 6.90. The molecule has 0 saturated heterocycles. The molecular weight excluding hydrogens is 405 g/mol. The predicted octanol–water partition coefficient (Wildman–Crippen LogP) is 5.37. The molecule has 8 heteroatoms. The van der Waals surface area contributed by atoms with E-state index in [1.165, 1.54) is 12.1 Å². The van der Waals surface area contributed by atoms with E-state index in [0.717, 1.165) is 36.8 Å².